The van der Waals surface area contributed by atoms with Crippen molar-refractivity contribution in [3.63, 3.8) is 0 Å². The molecule has 0 atom stereocenters. The van der Waals surface area contributed by atoms with E-state index in [-0.39, 0.29) is 0 Å². The molecule has 1 aromatic heterocycles. The Labute approximate surface area is 66.7 Å². The first-order valence-electron chi connectivity index (χ1n) is 3.44. The van der Waals surface area contributed by atoms with Crippen LogP contribution in [0.1, 0.15) is 5.56 Å². The molecule has 11 heavy (non-hydrogen) atoms. The highest BCUT2D eigenvalue weighted by Gasteiger charge is 2.18. The van der Waals surface area contributed by atoms with Crippen molar-refractivity contribution in [1.29, 1.82) is 0 Å². The van der Waals surface area contributed by atoms with Crippen molar-refractivity contribution in [3.8, 4) is 0 Å². The molecule has 0 aliphatic heterocycles. The van der Waals surface area contributed by atoms with E-state index in [0.29, 0.717) is 0 Å². The van der Waals surface area contributed by atoms with Crippen LogP contribution in [0.15, 0.2) is 18.7 Å². The normalized spacial score (nSPS) is 18.9. The molecule has 0 amide bonds. The van der Waals surface area contributed by atoms with E-state index in [4.69, 9.17) is 0 Å². The summed E-state index contributed by atoms with van der Waals surface area (Å²) in [4.78, 5) is 7.86. The van der Waals surface area contributed by atoms with Crippen LogP contribution >= 0.6 is 0 Å². The van der Waals surface area contributed by atoms with Gasteiger partial charge in [0.15, 0.2) is 0 Å². The molecule has 1 aromatic rings. The summed E-state index contributed by atoms with van der Waals surface area (Å²) >= 11 is 0. The molecule has 0 aromatic carbocycles. The minimum absolute atomic E-state index is 1.07. The van der Waals surface area contributed by atoms with Crippen molar-refractivity contribution < 1.29 is 0 Å². The number of hydrogen-bond donors (Lipinski definition) is 0. The van der Waals surface area contributed by atoms with Gasteiger partial charge >= 0.3 is 0 Å². The van der Waals surface area contributed by atoms with Gasteiger partial charge < -0.3 is 0 Å². The Morgan fingerprint density at radius 1 is 0.909 bits per heavy atom. The van der Waals surface area contributed by atoms with Crippen LogP contribution in [-0.2, 0) is 0 Å². The predicted octanol–water partition coefficient (Wildman–Crippen LogP) is 1.23. The van der Waals surface area contributed by atoms with Gasteiger partial charge in [-0.1, -0.05) is 0 Å². The van der Waals surface area contributed by atoms with Crippen LogP contribution in [-0.4, -0.2) is 9.97 Å². The Morgan fingerprint density at radius 2 is 1.55 bits per heavy atom. The minimum Gasteiger partial charge on any atom is -0.245 e. The van der Waals surface area contributed by atoms with Gasteiger partial charge in [0.2, 0.25) is 0 Å². The van der Waals surface area contributed by atoms with E-state index >= 15 is 0 Å². The molecule has 53 valence electrons. The molecule has 2 rings (SSSR count). The van der Waals surface area contributed by atoms with Crippen LogP contribution in [0.25, 0.3) is 0 Å². The van der Waals surface area contributed by atoms with Crippen LogP contribution < -0.4 is 0 Å². The summed E-state index contributed by atoms with van der Waals surface area (Å²) in [5.74, 6) is 1.17. The first-order valence-corrected chi connectivity index (χ1v) is 3.44. The molecule has 0 saturated heterocycles. The third-order valence-corrected chi connectivity index (χ3v) is 1.56. The average molecular weight is 143 g/mol. The van der Waals surface area contributed by atoms with E-state index in [0.717, 1.165) is 5.56 Å². The number of rotatable bonds is 1. The predicted molar refractivity (Wildman–Crippen MR) is 41.6 cm³/mol. The van der Waals surface area contributed by atoms with Gasteiger partial charge in [0, 0.05) is 18.3 Å². The highest BCUT2D eigenvalue weighted by molar-refractivity contribution is 5.47. The molecule has 0 unspecified atom stereocenters. The maximum absolute atomic E-state index is 3.93. The molecule has 2 heteroatoms. The minimum atomic E-state index is 1.07. The van der Waals surface area contributed by atoms with Crippen molar-refractivity contribution in [2.24, 2.45) is 0 Å². The summed E-state index contributed by atoms with van der Waals surface area (Å²) in [6.07, 6.45) is 13.2. The van der Waals surface area contributed by atoms with E-state index in [2.05, 4.69) is 9.97 Å². The summed E-state index contributed by atoms with van der Waals surface area (Å²) < 4.78 is 0. The quantitative estimate of drug-likeness (QED) is 0.591. The van der Waals surface area contributed by atoms with Crippen LogP contribution in [0.2, 0.25) is 0 Å². The van der Waals surface area contributed by atoms with Gasteiger partial charge in [-0.2, -0.15) is 0 Å². The third-order valence-electron chi connectivity index (χ3n) is 1.56. The van der Waals surface area contributed by atoms with Gasteiger partial charge in [0.25, 0.3) is 0 Å². The monoisotopic (exact) mass is 143 g/mol. The highest BCUT2D eigenvalue weighted by Crippen LogP contribution is 2.28. The second-order valence-corrected chi connectivity index (χ2v) is 2.30. The summed E-state index contributed by atoms with van der Waals surface area (Å²) in [7, 11) is 0. The molecular formula is C9H7N2. The molecule has 0 N–H and O–H groups in total. The maximum Gasteiger partial charge on any atom is 0.115 e. The molecular weight excluding hydrogens is 136 g/mol. The van der Waals surface area contributed by atoms with Gasteiger partial charge in [-0.25, -0.2) is 9.97 Å². The Kier molecular flexibility index (Phi) is 1.84. The Balaban J connectivity index is 2.16. The highest BCUT2D eigenvalue weighted by atomic mass is 14.8. The zero-order valence-corrected chi connectivity index (χ0v) is 5.94. The topological polar surface area (TPSA) is 25.8 Å². The fourth-order valence-corrected chi connectivity index (χ4v) is 1.01. The smallest absolute Gasteiger partial charge is 0.115 e. The van der Waals surface area contributed by atoms with Gasteiger partial charge in [0.05, 0.1) is 0 Å². The first kappa shape index (κ1) is 6.77. The van der Waals surface area contributed by atoms with E-state index in [1.807, 2.05) is 38.1 Å². The average Bonchev–Trinajstić information content (AvgIpc) is 2.58. The lowest BCUT2D eigenvalue weighted by Crippen LogP contribution is -1.95. The molecule has 0 bridgehead atoms. The van der Waals surface area contributed by atoms with Crippen LogP contribution in [0.3, 0.4) is 0 Å². The lowest BCUT2D eigenvalue weighted by atomic mass is 10.0. The molecule has 1 heterocycles. The van der Waals surface area contributed by atoms with Crippen molar-refractivity contribution in [3.05, 3.63) is 55.9 Å². The SMILES string of the molecule is [CH]1[CH][CH][C](c2cncnc2)[CH]1. The summed E-state index contributed by atoms with van der Waals surface area (Å²) in [5.41, 5.74) is 1.07. The second-order valence-electron chi connectivity index (χ2n) is 2.30. The lowest BCUT2D eigenvalue weighted by molar-refractivity contribution is 1.11. The van der Waals surface area contributed by atoms with Crippen LogP contribution in [0.4, 0.5) is 0 Å². The fraction of sp³-hybridized carbons (Fsp3) is 0. The summed E-state index contributed by atoms with van der Waals surface area (Å²) in [6.45, 7) is 0. The lowest BCUT2D eigenvalue weighted by Gasteiger charge is -2.04. The van der Waals surface area contributed by atoms with Gasteiger partial charge in [-0.15, -0.1) is 0 Å². The summed E-state index contributed by atoms with van der Waals surface area (Å²) in [6, 6.07) is 0. The fourth-order valence-electron chi connectivity index (χ4n) is 1.01. The maximum atomic E-state index is 3.93. The Hall–Kier alpha value is -0.920. The largest absolute Gasteiger partial charge is 0.245 e. The van der Waals surface area contributed by atoms with Gasteiger partial charge in [0.1, 0.15) is 6.33 Å². The molecule has 2 nitrogen and oxygen atoms in total. The van der Waals surface area contributed by atoms with Crippen molar-refractivity contribution in [1.82, 2.24) is 9.97 Å². The molecule has 1 aliphatic carbocycles. The van der Waals surface area contributed by atoms with Crippen molar-refractivity contribution in [2.45, 2.75) is 0 Å². The standard InChI is InChI=1S/C9H7N2/c1-2-4-8(3-1)9-5-10-7-11-6-9/h1-7H. The second kappa shape index (κ2) is 2.99. The molecule has 0 spiro atoms. The van der Waals surface area contributed by atoms with E-state index in [1.54, 1.807) is 0 Å². The van der Waals surface area contributed by atoms with Crippen LogP contribution in [0.5, 0.6) is 0 Å². The van der Waals surface area contributed by atoms with Crippen molar-refractivity contribution in [2.75, 3.05) is 0 Å². The third kappa shape index (κ3) is 1.39. The number of hydrogen-bond acceptors (Lipinski definition) is 2. The molecule has 1 fully saturated rings. The van der Waals surface area contributed by atoms with E-state index in [9.17, 15) is 0 Å². The summed E-state index contributed by atoms with van der Waals surface area (Å²) in [5, 5.41) is 0. The van der Waals surface area contributed by atoms with Crippen molar-refractivity contribution >= 4 is 0 Å². The number of aromatic nitrogens is 2. The van der Waals surface area contributed by atoms with Gasteiger partial charge in [-0.05, 0) is 31.2 Å². The van der Waals surface area contributed by atoms with E-state index in [1.165, 1.54) is 12.2 Å². The zero-order valence-electron chi connectivity index (χ0n) is 5.94. The molecule has 1 saturated carbocycles. The van der Waals surface area contributed by atoms with Crippen LogP contribution in [0, 0.1) is 31.6 Å². The molecule has 5 radical (unpaired) electrons. The Bertz CT molecular complexity index is 214. The Morgan fingerprint density at radius 3 is 2.18 bits per heavy atom. The number of nitrogens with zero attached hydrogens (tertiary/aromatic N) is 2. The first-order chi connectivity index (χ1) is 5.47. The molecule has 1 aliphatic rings. The zero-order chi connectivity index (χ0) is 7.52. The van der Waals surface area contributed by atoms with Gasteiger partial charge in [-0.3, -0.25) is 0 Å². The van der Waals surface area contributed by atoms with E-state index < -0.39 is 0 Å².